The van der Waals surface area contributed by atoms with Crippen LogP contribution >= 0.6 is 0 Å². The van der Waals surface area contributed by atoms with Crippen molar-refractivity contribution in [2.75, 3.05) is 13.1 Å². The maximum Gasteiger partial charge on any atom is 0.236 e. The van der Waals surface area contributed by atoms with E-state index in [-0.39, 0.29) is 11.9 Å². The Hall–Kier alpha value is -1.35. The van der Waals surface area contributed by atoms with E-state index in [9.17, 15) is 4.79 Å². The van der Waals surface area contributed by atoms with Crippen LogP contribution in [0.2, 0.25) is 0 Å². The van der Waals surface area contributed by atoms with Crippen LogP contribution in [0.5, 0.6) is 0 Å². The lowest BCUT2D eigenvalue weighted by Gasteiger charge is -2.14. The van der Waals surface area contributed by atoms with Gasteiger partial charge in [0.25, 0.3) is 0 Å². The van der Waals surface area contributed by atoms with Gasteiger partial charge in [0.1, 0.15) is 0 Å². The molecule has 0 spiro atoms. The first-order chi connectivity index (χ1) is 9.13. The van der Waals surface area contributed by atoms with Gasteiger partial charge in [-0.25, -0.2) is 0 Å². The van der Waals surface area contributed by atoms with E-state index < -0.39 is 0 Å². The van der Waals surface area contributed by atoms with Crippen molar-refractivity contribution in [1.82, 2.24) is 10.6 Å². The Morgan fingerprint density at radius 3 is 2.79 bits per heavy atom. The molecule has 106 valence electrons. The van der Waals surface area contributed by atoms with Crippen molar-refractivity contribution >= 4 is 5.91 Å². The fourth-order valence-electron chi connectivity index (χ4n) is 1.93. The van der Waals surface area contributed by atoms with Crippen molar-refractivity contribution in [3.05, 3.63) is 35.4 Å². The largest absolute Gasteiger partial charge is 0.355 e. The Bertz CT molecular complexity index is 390. The van der Waals surface area contributed by atoms with Gasteiger partial charge in [-0.1, -0.05) is 43.2 Å². The van der Waals surface area contributed by atoms with Gasteiger partial charge in [0.15, 0.2) is 0 Å². The van der Waals surface area contributed by atoms with Crippen molar-refractivity contribution in [1.29, 1.82) is 0 Å². The molecule has 0 radical (unpaired) electrons. The van der Waals surface area contributed by atoms with Gasteiger partial charge >= 0.3 is 0 Å². The van der Waals surface area contributed by atoms with Crippen LogP contribution < -0.4 is 10.6 Å². The van der Waals surface area contributed by atoms with Crippen LogP contribution in [0.25, 0.3) is 0 Å². The minimum absolute atomic E-state index is 0.0951. The quantitative estimate of drug-likeness (QED) is 0.707. The van der Waals surface area contributed by atoms with Crippen LogP contribution in [0, 0.1) is 6.92 Å². The van der Waals surface area contributed by atoms with E-state index in [1.807, 2.05) is 6.92 Å². The number of unbranched alkanes of at least 4 members (excludes halogenated alkanes) is 1. The van der Waals surface area contributed by atoms with Crippen LogP contribution in [0.4, 0.5) is 0 Å². The predicted molar refractivity (Wildman–Crippen MR) is 80.3 cm³/mol. The van der Waals surface area contributed by atoms with E-state index in [4.69, 9.17) is 0 Å². The van der Waals surface area contributed by atoms with Gasteiger partial charge in [0.05, 0.1) is 6.04 Å². The molecule has 0 saturated carbocycles. The second-order valence-corrected chi connectivity index (χ2v) is 5.06. The van der Waals surface area contributed by atoms with Gasteiger partial charge in [-0.2, -0.15) is 0 Å². The van der Waals surface area contributed by atoms with E-state index in [0.29, 0.717) is 0 Å². The van der Waals surface area contributed by atoms with Crippen LogP contribution in [0.3, 0.4) is 0 Å². The smallest absolute Gasteiger partial charge is 0.236 e. The molecule has 1 atom stereocenters. The lowest BCUT2D eigenvalue weighted by molar-refractivity contribution is -0.122. The van der Waals surface area contributed by atoms with Gasteiger partial charge in [0, 0.05) is 6.54 Å². The molecule has 0 aliphatic rings. The number of aryl methyl sites for hydroxylation is 1. The second kappa shape index (κ2) is 8.70. The summed E-state index contributed by atoms with van der Waals surface area (Å²) in [5.41, 5.74) is 2.59. The lowest BCUT2D eigenvalue weighted by atomic mass is 10.1. The molecule has 1 aromatic carbocycles. The van der Waals surface area contributed by atoms with Gasteiger partial charge < -0.3 is 10.6 Å². The number of carbonyl (C=O) groups is 1. The Kier molecular flexibility index (Phi) is 7.19. The zero-order valence-electron chi connectivity index (χ0n) is 12.3. The average Bonchev–Trinajstić information content (AvgIpc) is 2.39. The number of benzene rings is 1. The Balaban J connectivity index is 2.23. The summed E-state index contributed by atoms with van der Waals surface area (Å²) in [7, 11) is 0. The van der Waals surface area contributed by atoms with E-state index >= 15 is 0 Å². The fourth-order valence-corrected chi connectivity index (χ4v) is 1.93. The van der Waals surface area contributed by atoms with Crippen molar-refractivity contribution in [2.45, 2.75) is 46.1 Å². The Labute approximate surface area is 116 Å². The first kappa shape index (κ1) is 15.7. The van der Waals surface area contributed by atoms with Crippen LogP contribution in [-0.4, -0.2) is 25.0 Å². The predicted octanol–water partition coefficient (Wildman–Crippen LogP) is 2.43. The van der Waals surface area contributed by atoms with E-state index in [1.165, 1.54) is 11.1 Å². The fraction of sp³-hybridized carbons (Fsp3) is 0.562. The summed E-state index contributed by atoms with van der Waals surface area (Å²) in [5, 5.41) is 6.20. The highest BCUT2D eigenvalue weighted by atomic mass is 16.2. The summed E-state index contributed by atoms with van der Waals surface area (Å²) < 4.78 is 0. The van der Waals surface area contributed by atoms with Gasteiger partial charge in [0.2, 0.25) is 5.91 Å². The van der Waals surface area contributed by atoms with Crippen LogP contribution in [0.1, 0.15) is 37.8 Å². The molecule has 1 rings (SSSR count). The van der Waals surface area contributed by atoms with Gasteiger partial charge in [-0.3, -0.25) is 4.79 Å². The third kappa shape index (κ3) is 6.39. The molecular formula is C16H26N2O. The maximum absolute atomic E-state index is 11.7. The average molecular weight is 262 g/mol. The molecule has 1 amide bonds. The summed E-state index contributed by atoms with van der Waals surface area (Å²) in [4.78, 5) is 11.7. The molecule has 2 N–H and O–H groups in total. The van der Waals surface area contributed by atoms with Gasteiger partial charge in [-0.05, 0) is 38.8 Å². The highest BCUT2D eigenvalue weighted by Crippen LogP contribution is 2.04. The molecule has 3 nitrogen and oxygen atoms in total. The minimum atomic E-state index is -0.123. The Morgan fingerprint density at radius 2 is 2.11 bits per heavy atom. The summed E-state index contributed by atoms with van der Waals surface area (Å²) in [6.45, 7) is 7.74. The van der Waals surface area contributed by atoms with E-state index in [0.717, 1.165) is 32.4 Å². The summed E-state index contributed by atoms with van der Waals surface area (Å²) >= 11 is 0. The highest BCUT2D eigenvalue weighted by Gasteiger charge is 2.10. The molecule has 0 saturated heterocycles. The zero-order valence-corrected chi connectivity index (χ0v) is 12.3. The number of rotatable bonds is 8. The molecule has 3 heteroatoms. The third-order valence-corrected chi connectivity index (χ3v) is 3.17. The normalized spacial score (nSPS) is 12.2. The molecule has 0 bridgehead atoms. The zero-order chi connectivity index (χ0) is 14.1. The first-order valence-electron chi connectivity index (χ1n) is 7.20. The van der Waals surface area contributed by atoms with Gasteiger partial charge in [-0.15, -0.1) is 0 Å². The molecule has 0 heterocycles. The summed E-state index contributed by atoms with van der Waals surface area (Å²) in [6, 6.07) is 8.36. The number of hydrogen-bond acceptors (Lipinski definition) is 2. The van der Waals surface area contributed by atoms with Crippen molar-refractivity contribution < 1.29 is 4.79 Å². The number of amides is 1. The Morgan fingerprint density at radius 1 is 1.32 bits per heavy atom. The SMILES string of the molecule is CCCCNC(=O)C(C)NCCc1cccc(C)c1. The highest BCUT2D eigenvalue weighted by molar-refractivity contribution is 5.81. The number of nitrogens with one attached hydrogen (secondary N) is 2. The molecular weight excluding hydrogens is 236 g/mol. The van der Waals surface area contributed by atoms with E-state index in [1.54, 1.807) is 0 Å². The summed E-state index contributed by atoms with van der Waals surface area (Å²) in [5.74, 6) is 0.0951. The molecule has 0 aliphatic carbocycles. The standard InChI is InChI=1S/C16H26N2O/c1-4-5-10-18-16(19)14(3)17-11-9-15-8-6-7-13(2)12-15/h6-8,12,14,17H,4-5,9-11H2,1-3H3,(H,18,19). The molecule has 0 aromatic heterocycles. The second-order valence-electron chi connectivity index (χ2n) is 5.06. The molecule has 1 unspecified atom stereocenters. The minimum Gasteiger partial charge on any atom is -0.355 e. The van der Waals surface area contributed by atoms with Crippen molar-refractivity contribution in [3.63, 3.8) is 0 Å². The molecule has 1 aromatic rings. The topological polar surface area (TPSA) is 41.1 Å². The number of hydrogen-bond donors (Lipinski definition) is 2. The summed E-state index contributed by atoms with van der Waals surface area (Å²) in [6.07, 6.45) is 3.10. The van der Waals surface area contributed by atoms with Crippen LogP contribution in [0.15, 0.2) is 24.3 Å². The molecule has 0 fully saturated rings. The lowest BCUT2D eigenvalue weighted by Crippen LogP contribution is -2.43. The van der Waals surface area contributed by atoms with Crippen molar-refractivity contribution in [2.24, 2.45) is 0 Å². The third-order valence-electron chi connectivity index (χ3n) is 3.17. The maximum atomic E-state index is 11.7. The number of carbonyl (C=O) groups excluding carboxylic acids is 1. The molecule has 0 aliphatic heterocycles. The monoisotopic (exact) mass is 262 g/mol. The van der Waals surface area contributed by atoms with Crippen LogP contribution in [-0.2, 0) is 11.2 Å². The van der Waals surface area contributed by atoms with Crippen molar-refractivity contribution in [3.8, 4) is 0 Å². The van der Waals surface area contributed by atoms with E-state index in [2.05, 4.69) is 48.7 Å². The first-order valence-corrected chi connectivity index (χ1v) is 7.20. The molecule has 19 heavy (non-hydrogen) atoms.